The highest BCUT2D eigenvalue weighted by molar-refractivity contribution is 5.88. The first kappa shape index (κ1) is 13.6. The first-order chi connectivity index (χ1) is 7.71. The van der Waals surface area contributed by atoms with E-state index in [2.05, 4.69) is 4.74 Å². The Labute approximate surface area is 95.0 Å². The van der Waals surface area contributed by atoms with Crippen LogP contribution < -0.4 is 0 Å². The van der Waals surface area contributed by atoms with Gasteiger partial charge in [0.1, 0.15) is 23.7 Å². The Kier molecular flexibility index (Phi) is 3.82. The summed E-state index contributed by atoms with van der Waals surface area (Å²) in [5.74, 6) is -1.01. The second-order valence-electron chi connectivity index (χ2n) is 3.48. The molecule has 0 radical (unpaired) electrons. The van der Waals surface area contributed by atoms with Gasteiger partial charge < -0.3 is 14.3 Å². The summed E-state index contributed by atoms with van der Waals surface area (Å²) in [6.07, 6.45) is -6.38. The second kappa shape index (κ2) is 4.79. The maximum Gasteiger partial charge on any atom is 0.414 e. The highest BCUT2D eigenvalue weighted by atomic mass is 19.4. The van der Waals surface area contributed by atoms with Crippen molar-refractivity contribution in [2.24, 2.45) is 0 Å². The van der Waals surface area contributed by atoms with E-state index in [1.807, 2.05) is 0 Å². The van der Waals surface area contributed by atoms with E-state index >= 15 is 0 Å². The Morgan fingerprint density at radius 2 is 2.18 bits per heavy atom. The fourth-order valence-corrected chi connectivity index (χ4v) is 1.13. The average molecular weight is 252 g/mol. The number of hydrogen-bond acceptors (Lipinski definition) is 3. The van der Waals surface area contributed by atoms with Crippen LogP contribution in [0.15, 0.2) is 10.5 Å². The quantitative estimate of drug-likeness (QED) is 0.895. The number of carboxylic acid groups (broad SMARTS) is 1. The van der Waals surface area contributed by atoms with Crippen LogP contribution in [-0.4, -0.2) is 23.4 Å². The molecule has 7 heteroatoms. The highest BCUT2D eigenvalue weighted by Crippen LogP contribution is 2.24. The Morgan fingerprint density at radius 3 is 2.59 bits per heavy atom. The van der Waals surface area contributed by atoms with E-state index in [-0.39, 0.29) is 17.1 Å². The molecule has 1 aromatic rings. The molecule has 0 spiro atoms. The predicted octanol–water partition coefficient (Wildman–Crippen LogP) is 2.75. The molecule has 1 rings (SSSR count). The van der Waals surface area contributed by atoms with Gasteiger partial charge in [0.05, 0.1) is 0 Å². The molecule has 17 heavy (non-hydrogen) atoms. The molecule has 0 saturated carbocycles. The SMILES string of the molecule is Cc1oc(COC(C)C(F)(F)F)cc1C(=O)O. The van der Waals surface area contributed by atoms with Crippen molar-refractivity contribution < 1.29 is 32.2 Å². The van der Waals surface area contributed by atoms with Gasteiger partial charge in [-0.15, -0.1) is 0 Å². The van der Waals surface area contributed by atoms with Crippen LogP contribution in [-0.2, 0) is 11.3 Å². The third kappa shape index (κ3) is 3.48. The smallest absolute Gasteiger partial charge is 0.414 e. The molecular weight excluding hydrogens is 241 g/mol. The van der Waals surface area contributed by atoms with Gasteiger partial charge in [-0.3, -0.25) is 0 Å². The van der Waals surface area contributed by atoms with E-state index in [1.165, 1.54) is 6.92 Å². The van der Waals surface area contributed by atoms with Gasteiger partial charge in [0, 0.05) is 0 Å². The third-order valence-corrected chi connectivity index (χ3v) is 2.14. The van der Waals surface area contributed by atoms with Crippen molar-refractivity contribution in [3.05, 3.63) is 23.2 Å². The number of halogens is 3. The fourth-order valence-electron chi connectivity index (χ4n) is 1.13. The van der Waals surface area contributed by atoms with Crippen LogP contribution in [0.5, 0.6) is 0 Å². The summed E-state index contributed by atoms with van der Waals surface area (Å²) in [6.45, 7) is 1.86. The van der Waals surface area contributed by atoms with Gasteiger partial charge in [0.2, 0.25) is 0 Å². The molecule has 4 nitrogen and oxygen atoms in total. The number of carbonyl (C=O) groups is 1. The first-order valence-corrected chi connectivity index (χ1v) is 4.72. The topological polar surface area (TPSA) is 59.7 Å². The largest absolute Gasteiger partial charge is 0.478 e. The molecule has 0 amide bonds. The molecule has 0 aliphatic heterocycles. The number of rotatable bonds is 4. The molecule has 0 aliphatic carbocycles. The van der Waals surface area contributed by atoms with Crippen molar-refractivity contribution in [1.82, 2.24) is 0 Å². The summed E-state index contributed by atoms with van der Waals surface area (Å²) in [7, 11) is 0. The molecule has 1 heterocycles. The molecule has 96 valence electrons. The van der Waals surface area contributed by atoms with Crippen LogP contribution in [0.2, 0.25) is 0 Å². The Bertz CT molecular complexity index is 408. The van der Waals surface area contributed by atoms with E-state index in [4.69, 9.17) is 9.52 Å². The van der Waals surface area contributed by atoms with E-state index in [1.54, 1.807) is 0 Å². The number of ether oxygens (including phenoxy) is 1. The molecule has 1 unspecified atom stereocenters. The lowest BCUT2D eigenvalue weighted by Gasteiger charge is -2.15. The molecular formula is C10H11F3O4. The van der Waals surface area contributed by atoms with Gasteiger partial charge in [-0.2, -0.15) is 13.2 Å². The number of aromatic carboxylic acids is 1. The van der Waals surface area contributed by atoms with Crippen molar-refractivity contribution >= 4 is 5.97 Å². The van der Waals surface area contributed by atoms with Crippen molar-refractivity contribution in [3.8, 4) is 0 Å². The van der Waals surface area contributed by atoms with Gasteiger partial charge in [-0.1, -0.05) is 0 Å². The summed E-state index contributed by atoms with van der Waals surface area (Å²) in [5.41, 5.74) is -0.0803. The zero-order valence-electron chi connectivity index (χ0n) is 9.17. The number of alkyl halides is 3. The molecule has 0 saturated heterocycles. The number of hydrogen-bond donors (Lipinski definition) is 1. The minimum absolute atomic E-state index is 0.0519. The van der Waals surface area contributed by atoms with Crippen molar-refractivity contribution in [1.29, 1.82) is 0 Å². The monoisotopic (exact) mass is 252 g/mol. The molecule has 1 N–H and O–H groups in total. The van der Waals surface area contributed by atoms with E-state index in [9.17, 15) is 18.0 Å². The van der Waals surface area contributed by atoms with Gasteiger partial charge in [-0.25, -0.2) is 4.79 Å². The summed E-state index contributed by atoms with van der Waals surface area (Å²) in [4.78, 5) is 10.7. The predicted molar refractivity (Wildman–Crippen MR) is 50.7 cm³/mol. The van der Waals surface area contributed by atoms with Crippen molar-refractivity contribution in [3.63, 3.8) is 0 Å². The Hall–Kier alpha value is -1.50. The standard InChI is InChI=1S/C10H11F3O4/c1-5-8(9(14)15)3-7(17-5)4-16-6(2)10(11,12)13/h3,6H,4H2,1-2H3,(H,14,15). The lowest BCUT2D eigenvalue weighted by atomic mass is 10.2. The van der Waals surface area contributed by atoms with Crippen LogP contribution in [0, 0.1) is 6.92 Å². The maximum atomic E-state index is 12.1. The lowest BCUT2D eigenvalue weighted by Crippen LogP contribution is -2.28. The van der Waals surface area contributed by atoms with Crippen LogP contribution in [0.25, 0.3) is 0 Å². The van der Waals surface area contributed by atoms with Crippen LogP contribution in [0.4, 0.5) is 13.2 Å². The number of furan rings is 1. The summed E-state index contributed by atoms with van der Waals surface area (Å²) < 4.78 is 45.8. The Balaban J connectivity index is 2.65. The molecule has 1 aromatic heterocycles. The molecule has 1 atom stereocenters. The van der Waals surface area contributed by atoms with Crippen molar-refractivity contribution in [2.75, 3.05) is 0 Å². The second-order valence-corrected chi connectivity index (χ2v) is 3.48. The Morgan fingerprint density at radius 1 is 1.59 bits per heavy atom. The van der Waals surface area contributed by atoms with Crippen LogP contribution in [0.1, 0.15) is 28.8 Å². The van der Waals surface area contributed by atoms with Crippen molar-refractivity contribution in [2.45, 2.75) is 32.7 Å². The minimum atomic E-state index is -4.45. The molecule has 0 aliphatic rings. The zero-order valence-corrected chi connectivity index (χ0v) is 9.17. The van der Waals surface area contributed by atoms with Gasteiger partial charge in [0.15, 0.2) is 6.10 Å². The van der Waals surface area contributed by atoms with E-state index in [0.717, 1.165) is 13.0 Å². The van der Waals surface area contributed by atoms with Gasteiger partial charge in [-0.05, 0) is 19.9 Å². The fraction of sp³-hybridized carbons (Fsp3) is 0.500. The minimum Gasteiger partial charge on any atom is -0.478 e. The molecule has 0 fully saturated rings. The maximum absolute atomic E-state index is 12.1. The molecule has 0 bridgehead atoms. The molecule has 0 aromatic carbocycles. The zero-order chi connectivity index (χ0) is 13.2. The normalized spacial score (nSPS) is 13.7. The van der Waals surface area contributed by atoms with Gasteiger partial charge >= 0.3 is 12.1 Å². The number of carboxylic acids is 1. The summed E-state index contributed by atoms with van der Waals surface area (Å²) in [5, 5.41) is 8.70. The lowest BCUT2D eigenvalue weighted by molar-refractivity contribution is -0.218. The first-order valence-electron chi connectivity index (χ1n) is 4.72. The van der Waals surface area contributed by atoms with Crippen LogP contribution >= 0.6 is 0 Å². The average Bonchev–Trinajstić information content (AvgIpc) is 2.54. The summed E-state index contributed by atoms with van der Waals surface area (Å²) >= 11 is 0. The van der Waals surface area contributed by atoms with E-state index < -0.39 is 24.9 Å². The van der Waals surface area contributed by atoms with E-state index in [0.29, 0.717) is 0 Å². The number of aryl methyl sites for hydroxylation is 1. The third-order valence-electron chi connectivity index (χ3n) is 2.14. The highest BCUT2D eigenvalue weighted by Gasteiger charge is 2.37. The van der Waals surface area contributed by atoms with Crippen LogP contribution in [0.3, 0.4) is 0 Å². The van der Waals surface area contributed by atoms with Gasteiger partial charge in [0.25, 0.3) is 0 Å². The summed E-state index contributed by atoms with van der Waals surface area (Å²) in [6, 6.07) is 1.15.